The molecule has 0 aliphatic carbocycles. The summed E-state index contributed by atoms with van der Waals surface area (Å²) in [5.74, 6) is -3.01. The normalized spacial score (nSPS) is 16.0. The van der Waals surface area contributed by atoms with E-state index in [1.165, 1.54) is 13.8 Å². The molecule has 0 saturated heterocycles. The van der Waals surface area contributed by atoms with Gasteiger partial charge in [-0.2, -0.15) is 0 Å². The summed E-state index contributed by atoms with van der Waals surface area (Å²) in [4.78, 5) is 47.8. The largest absolute Gasteiger partial charge is 0.392 e. The Morgan fingerprint density at radius 1 is 0.857 bits per heavy atom. The average molecular weight is 294 g/mol. The molecular formula is C16H22O5. The van der Waals surface area contributed by atoms with E-state index in [0.29, 0.717) is 0 Å². The van der Waals surface area contributed by atoms with Crippen LogP contribution in [-0.4, -0.2) is 23.5 Å². The van der Waals surface area contributed by atoms with Crippen molar-refractivity contribution in [1.29, 1.82) is 0 Å². The fourth-order valence-corrected chi connectivity index (χ4v) is 1.60. The van der Waals surface area contributed by atoms with E-state index in [1.807, 2.05) is 0 Å². The summed E-state index contributed by atoms with van der Waals surface area (Å²) < 4.78 is 4.79. The summed E-state index contributed by atoms with van der Waals surface area (Å²) in [5, 5.41) is 0. The highest BCUT2D eigenvalue weighted by atomic mass is 16.6. The molecule has 0 bridgehead atoms. The Hall–Kier alpha value is -2.04. The maximum atomic E-state index is 12.1. The zero-order chi connectivity index (χ0) is 16.8. The first kappa shape index (κ1) is 19.0. The molecule has 0 aromatic heterocycles. The van der Waals surface area contributed by atoms with Gasteiger partial charge in [-0.3, -0.25) is 19.2 Å². The van der Waals surface area contributed by atoms with Gasteiger partial charge >= 0.3 is 11.9 Å². The quantitative estimate of drug-likeness (QED) is 0.390. The first-order valence-corrected chi connectivity index (χ1v) is 6.74. The van der Waals surface area contributed by atoms with Crippen molar-refractivity contribution in [2.45, 2.75) is 40.5 Å². The van der Waals surface area contributed by atoms with Crippen molar-refractivity contribution in [2.24, 2.45) is 10.8 Å². The minimum atomic E-state index is -1.48. The lowest BCUT2D eigenvalue weighted by atomic mass is 9.81. The Morgan fingerprint density at radius 2 is 1.14 bits per heavy atom. The van der Waals surface area contributed by atoms with Crippen LogP contribution >= 0.6 is 0 Å². The first-order chi connectivity index (χ1) is 9.63. The molecule has 0 heterocycles. The van der Waals surface area contributed by atoms with E-state index >= 15 is 0 Å². The minimum absolute atomic E-state index is 0.155. The monoisotopic (exact) mass is 294 g/mol. The summed E-state index contributed by atoms with van der Waals surface area (Å²) in [6.45, 7) is 12.7. The number of rotatable bonds is 8. The molecule has 0 aromatic carbocycles. The SMILES string of the molecule is C=CC(=O)C(C)(CC)C(=O)OC(=O)C(C)(CC)C(=O)C=C. The van der Waals surface area contributed by atoms with Gasteiger partial charge in [0.05, 0.1) is 0 Å². The van der Waals surface area contributed by atoms with Crippen LogP contribution in [-0.2, 0) is 23.9 Å². The minimum Gasteiger partial charge on any atom is -0.392 e. The van der Waals surface area contributed by atoms with Gasteiger partial charge in [-0.25, -0.2) is 0 Å². The summed E-state index contributed by atoms with van der Waals surface area (Å²) in [5.41, 5.74) is -2.97. The fourth-order valence-electron chi connectivity index (χ4n) is 1.60. The van der Waals surface area contributed by atoms with Crippen molar-refractivity contribution in [2.75, 3.05) is 0 Å². The number of hydrogen-bond donors (Lipinski definition) is 0. The van der Waals surface area contributed by atoms with Crippen molar-refractivity contribution >= 4 is 23.5 Å². The van der Waals surface area contributed by atoms with Crippen molar-refractivity contribution in [3.05, 3.63) is 25.3 Å². The molecule has 116 valence electrons. The molecule has 0 rings (SSSR count). The first-order valence-electron chi connectivity index (χ1n) is 6.74. The Morgan fingerprint density at radius 3 is 1.33 bits per heavy atom. The highest BCUT2D eigenvalue weighted by Gasteiger charge is 2.45. The van der Waals surface area contributed by atoms with E-state index in [4.69, 9.17) is 4.74 Å². The molecule has 0 amide bonds. The maximum Gasteiger partial charge on any atom is 0.327 e. The number of carbonyl (C=O) groups excluding carboxylic acids is 4. The fraction of sp³-hybridized carbons (Fsp3) is 0.500. The van der Waals surface area contributed by atoms with Crippen molar-refractivity contribution in [1.82, 2.24) is 0 Å². The zero-order valence-electron chi connectivity index (χ0n) is 13.0. The van der Waals surface area contributed by atoms with Crippen molar-refractivity contribution in [3.63, 3.8) is 0 Å². The van der Waals surface area contributed by atoms with Crippen LogP contribution in [0.1, 0.15) is 40.5 Å². The third-order valence-electron chi connectivity index (χ3n) is 3.96. The second-order valence-electron chi connectivity index (χ2n) is 5.19. The van der Waals surface area contributed by atoms with E-state index in [2.05, 4.69) is 13.2 Å². The Bertz CT molecular complexity index is 447. The third kappa shape index (κ3) is 3.54. The molecule has 0 radical (unpaired) electrons. The van der Waals surface area contributed by atoms with E-state index in [0.717, 1.165) is 12.2 Å². The topological polar surface area (TPSA) is 77.5 Å². The maximum absolute atomic E-state index is 12.1. The molecule has 0 aromatic rings. The smallest absolute Gasteiger partial charge is 0.327 e. The van der Waals surface area contributed by atoms with Gasteiger partial charge in [-0.05, 0) is 38.8 Å². The van der Waals surface area contributed by atoms with Crippen LogP contribution in [0.25, 0.3) is 0 Å². The van der Waals surface area contributed by atoms with Gasteiger partial charge in [-0.15, -0.1) is 0 Å². The second kappa shape index (κ2) is 7.11. The Labute approximate surface area is 125 Å². The van der Waals surface area contributed by atoms with Crippen molar-refractivity contribution in [3.8, 4) is 0 Å². The van der Waals surface area contributed by atoms with Gasteiger partial charge < -0.3 is 4.74 Å². The van der Waals surface area contributed by atoms with Crippen LogP contribution in [0.4, 0.5) is 0 Å². The highest BCUT2D eigenvalue weighted by Crippen LogP contribution is 2.29. The molecule has 0 fully saturated rings. The summed E-state index contributed by atoms with van der Waals surface area (Å²) >= 11 is 0. The molecule has 5 nitrogen and oxygen atoms in total. The second-order valence-corrected chi connectivity index (χ2v) is 5.19. The number of hydrogen-bond acceptors (Lipinski definition) is 5. The predicted molar refractivity (Wildman–Crippen MR) is 78.3 cm³/mol. The van der Waals surface area contributed by atoms with E-state index in [-0.39, 0.29) is 12.8 Å². The molecule has 2 unspecified atom stereocenters. The summed E-state index contributed by atoms with van der Waals surface area (Å²) in [6, 6.07) is 0. The van der Waals surface area contributed by atoms with E-state index in [9.17, 15) is 19.2 Å². The number of esters is 2. The molecule has 0 spiro atoms. The van der Waals surface area contributed by atoms with Gasteiger partial charge in [0.15, 0.2) is 11.6 Å². The van der Waals surface area contributed by atoms with Gasteiger partial charge in [-0.1, -0.05) is 27.0 Å². The van der Waals surface area contributed by atoms with Gasteiger partial charge in [0.2, 0.25) is 0 Å². The van der Waals surface area contributed by atoms with Crippen LogP contribution in [0.2, 0.25) is 0 Å². The lowest BCUT2D eigenvalue weighted by Gasteiger charge is -2.26. The van der Waals surface area contributed by atoms with Gasteiger partial charge in [0, 0.05) is 0 Å². The molecular weight excluding hydrogens is 272 g/mol. The number of allylic oxidation sites excluding steroid dienone is 2. The molecule has 0 N–H and O–H groups in total. The Kier molecular flexibility index (Phi) is 6.42. The number of carbonyl (C=O) groups is 4. The lowest BCUT2D eigenvalue weighted by Crippen LogP contribution is -2.43. The summed E-state index contributed by atoms with van der Waals surface area (Å²) in [6.07, 6.45) is 2.34. The molecule has 0 aliphatic heterocycles. The molecule has 0 saturated carbocycles. The molecule has 2 atom stereocenters. The summed E-state index contributed by atoms with van der Waals surface area (Å²) in [7, 11) is 0. The standard InChI is InChI=1S/C16H22O5/c1-7-11(17)15(5,9-3)13(19)21-14(20)16(6,10-4)12(18)8-2/h7-8H,1-2,9-10H2,3-6H3. The lowest BCUT2D eigenvalue weighted by molar-refractivity contribution is -0.174. The predicted octanol–water partition coefficient (Wildman–Crippen LogP) is 2.40. The van der Waals surface area contributed by atoms with Crippen molar-refractivity contribution < 1.29 is 23.9 Å². The molecule has 0 aliphatic rings. The van der Waals surface area contributed by atoms with E-state index < -0.39 is 34.3 Å². The van der Waals surface area contributed by atoms with Crippen LogP contribution in [0, 0.1) is 10.8 Å². The van der Waals surface area contributed by atoms with E-state index in [1.54, 1.807) is 13.8 Å². The van der Waals surface area contributed by atoms with Crippen LogP contribution < -0.4 is 0 Å². The molecule has 21 heavy (non-hydrogen) atoms. The highest BCUT2D eigenvalue weighted by molar-refractivity contribution is 6.14. The zero-order valence-corrected chi connectivity index (χ0v) is 13.0. The van der Waals surface area contributed by atoms with Crippen LogP contribution in [0.15, 0.2) is 25.3 Å². The number of ether oxygens (including phenoxy) is 1. The third-order valence-corrected chi connectivity index (χ3v) is 3.96. The molecule has 5 heteroatoms. The Balaban J connectivity index is 5.37. The van der Waals surface area contributed by atoms with Crippen LogP contribution in [0.3, 0.4) is 0 Å². The van der Waals surface area contributed by atoms with Crippen LogP contribution in [0.5, 0.6) is 0 Å². The number of ketones is 2. The average Bonchev–Trinajstić information content (AvgIpc) is 2.50. The van der Waals surface area contributed by atoms with Gasteiger partial charge in [0.1, 0.15) is 10.8 Å². The van der Waals surface area contributed by atoms with Gasteiger partial charge in [0.25, 0.3) is 0 Å².